The number of hydrogen-bond donors (Lipinski definition) is 1. The summed E-state index contributed by atoms with van der Waals surface area (Å²) >= 11 is 0. The zero-order valence-electron chi connectivity index (χ0n) is 21.6. The van der Waals surface area contributed by atoms with Crippen LogP contribution < -0.4 is 4.90 Å². The molecule has 0 spiro atoms. The number of aryl methyl sites for hydroxylation is 3. The largest absolute Gasteiger partial charge is 0.479 e. The van der Waals surface area contributed by atoms with Crippen LogP contribution >= 0.6 is 0 Å². The van der Waals surface area contributed by atoms with E-state index in [2.05, 4.69) is 0 Å². The highest BCUT2D eigenvalue weighted by atomic mass is 19.1. The molecule has 36 heavy (non-hydrogen) atoms. The van der Waals surface area contributed by atoms with Crippen LogP contribution in [0.2, 0.25) is 0 Å². The smallest absolute Gasteiger partial charge is 0.337 e. The lowest BCUT2D eigenvalue weighted by molar-refractivity contribution is -0.160. The van der Waals surface area contributed by atoms with Gasteiger partial charge in [-0.15, -0.1) is 0 Å². The second kappa shape index (κ2) is 9.51. The average Bonchev–Trinajstić information content (AvgIpc) is 3.21. The normalized spacial score (nSPS) is 14.0. The highest BCUT2D eigenvalue weighted by molar-refractivity contribution is 6.08. The molecule has 188 valence electrons. The van der Waals surface area contributed by atoms with E-state index in [1.54, 1.807) is 24.0 Å². The van der Waals surface area contributed by atoms with Crippen molar-refractivity contribution in [3.05, 3.63) is 87.7 Å². The molecule has 1 N–H and O–H groups in total. The van der Waals surface area contributed by atoms with Gasteiger partial charge in [0.05, 0.1) is 5.60 Å². The first-order valence-electron chi connectivity index (χ1n) is 12.1. The second-order valence-corrected chi connectivity index (χ2v) is 10.5. The fourth-order valence-corrected chi connectivity index (χ4v) is 4.76. The summed E-state index contributed by atoms with van der Waals surface area (Å²) in [6.45, 7) is 11.4. The van der Waals surface area contributed by atoms with Gasteiger partial charge < -0.3 is 14.7 Å². The first-order chi connectivity index (χ1) is 16.9. The molecule has 4 rings (SSSR count). The molecule has 0 aromatic heterocycles. The molecule has 1 amide bonds. The van der Waals surface area contributed by atoms with Gasteiger partial charge in [-0.3, -0.25) is 4.79 Å². The number of halogens is 1. The number of hydrogen-bond acceptors (Lipinski definition) is 3. The monoisotopic (exact) mass is 489 g/mol. The van der Waals surface area contributed by atoms with Crippen LogP contribution in [0.1, 0.15) is 65.1 Å². The number of carbonyl (C=O) groups is 2. The summed E-state index contributed by atoms with van der Waals surface area (Å²) in [5.41, 5.74) is 5.74. The van der Waals surface area contributed by atoms with Crippen molar-refractivity contribution in [1.29, 1.82) is 0 Å². The van der Waals surface area contributed by atoms with Gasteiger partial charge in [0.15, 0.2) is 6.10 Å². The van der Waals surface area contributed by atoms with Crippen LogP contribution in [0.25, 0.3) is 11.1 Å². The number of ether oxygens (including phenoxy) is 1. The number of nitrogens with zero attached hydrogens (tertiary/aromatic N) is 1. The Morgan fingerprint density at radius 3 is 2.25 bits per heavy atom. The van der Waals surface area contributed by atoms with Gasteiger partial charge in [-0.1, -0.05) is 35.9 Å². The molecule has 6 heteroatoms. The van der Waals surface area contributed by atoms with Crippen LogP contribution in [-0.4, -0.2) is 29.1 Å². The quantitative estimate of drug-likeness (QED) is 0.441. The van der Waals surface area contributed by atoms with Gasteiger partial charge in [0, 0.05) is 23.4 Å². The number of carboxylic acids is 1. The summed E-state index contributed by atoms with van der Waals surface area (Å²) in [4.78, 5) is 27.6. The molecule has 1 atom stereocenters. The van der Waals surface area contributed by atoms with Crippen LogP contribution in [0.4, 0.5) is 10.1 Å². The molecule has 0 aliphatic carbocycles. The molecule has 1 aliphatic rings. The van der Waals surface area contributed by atoms with E-state index in [1.165, 1.54) is 6.07 Å². The van der Waals surface area contributed by atoms with Gasteiger partial charge in [0.25, 0.3) is 5.91 Å². The van der Waals surface area contributed by atoms with E-state index in [9.17, 15) is 19.1 Å². The van der Waals surface area contributed by atoms with Gasteiger partial charge in [0.1, 0.15) is 5.82 Å². The fraction of sp³-hybridized carbons (Fsp3) is 0.333. The third kappa shape index (κ3) is 4.91. The average molecular weight is 490 g/mol. The van der Waals surface area contributed by atoms with Crippen LogP contribution in [0, 0.1) is 26.6 Å². The predicted octanol–water partition coefficient (Wildman–Crippen LogP) is 6.56. The Balaban J connectivity index is 1.92. The Labute approximate surface area is 211 Å². The van der Waals surface area contributed by atoms with E-state index in [0.29, 0.717) is 24.1 Å². The number of fused-ring (bicyclic) bond motifs is 1. The minimum Gasteiger partial charge on any atom is -0.479 e. The first-order valence-corrected chi connectivity index (χ1v) is 12.1. The number of aliphatic carboxylic acids is 1. The minimum atomic E-state index is -1.18. The highest BCUT2D eigenvalue weighted by Gasteiger charge is 2.36. The van der Waals surface area contributed by atoms with E-state index in [1.807, 2.05) is 65.0 Å². The van der Waals surface area contributed by atoms with Crippen molar-refractivity contribution >= 4 is 17.6 Å². The molecule has 1 heterocycles. The molecule has 0 fully saturated rings. The summed E-state index contributed by atoms with van der Waals surface area (Å²) < 4.78 is 20.3. The van der Waals surface area contributed by atoms with E-state index in [-0.39, 0.29) is 11.5 Å². The van der Waals surface area contributed by atoms with Gasteiger partial charge in [0.2, 0.25) is 0 Å². The third-order valence-corrected chi connectivity index (χ3v) is 6.50. The second-order valence-electron chi connectivity index (χ2n) is 10.5. The topological polar surface area (TPSA) is 66.8 Å². The van der Waals surface area contributed by atoms with Crippen molar-refractivity contribution in [3.63, 3.8) is 0 Å². The summed E-state index contributed by atoms with van der Waals surface area (Å²) in [6.07, 6.45) is -0.629. The maximum absolute atomic E-state index is 14.2. The third-order valence-electron chi connectivity index (χ3n) is 6.50. The van der Waals surface area contributed by atoms with Crippen molar-refractivity contribution in [2.24, 2.45) is 0 Å². The van der Waals surface area contributed by atoms with E-state index < -0.39 is 23.5 Å². The van der Waals surface area contributed by atoms with E-state index >= 15 is 0 Å². The Morgan fingerprint density at radius 1 is 1.00 bits per heavy atom. The van der Waals surface area contributed by atoms with Gasteiger partial charge in [-0.2, -0.15) is 0 Å². The molecule has 3 aromatic rings. The Morgan fingerprint density at radius 2 is 1.67 bits per heavy atom. The lowest BCUT2D eigenvalue weighted by Crippen LogP contribution is -2.29. The molecule has 0 unspecified atom stereocenters. The van der Waals surface area contributed by atoms with Crippen molar-refractivity contribution in [3.8, 4) is 11.1 Å². The molecule has 0 bridgehead atoms. The van der Waals surface area contributed by atoms with Crippen molar-refractivity contribution in [2.75, 3.05) is 11.4 Å². The summed E-state index contributed by atoms with van der Waals surface area (Å²) in [6, 6.07) is 14.3. The van der Waals surface area contributed by atoms with Gasteiger partial charge in [-0.25, -0.2) is 9.18 Å². The summed E-state index contributed by atoms with van der Waals surface area (Å²) in [5, 5.41) is 10.2. The number of carboxylic acid groups (broad SMARTS) is 1. The lowest BCUT2D eigenvalue weighted by atomic mass is 9.86. The number of amides is 1. The van der Waals surface area contributed by atoms with Crippen molar-refractivity contribution < 1.29 is 23.8 Å². The highest BCUT2D eigenvalue weighted by Crippen LogP contribution is 2.45. The maximum Gasteiger partial charge on any atom is 0.337 e. The Kier molecular flexibility index (Phi) is 6.76. The minimum absolute atomic E-state index is 0.282. The summed E-state index contributed by atoms with van der Waals surface area (Å²) in [5.74, 6) is -1.77. The Bertz CT molecular complexity index is 1340. The molecule has 1 aliphatic heterocycles. The standard InChI is InChI=1S/C30H32FNO4/c1-17-7-10-20(11-8-17)26-22-13-14-32(28(33)21-12-9-18(2)23(31)16-21)24(22)15-19(3)25(26)27(29(34)35)36-30(4,5)6/h7-12,15-16,27H,13-14H2,1-6H3,(H,34,35)/t27-/m0/s1. The maximum atomic E-state index is 14.2. The fourth-order valence-electron chi connectivity index (χ4n) is 4.76. The lowest BCUT2D eigenvalue weighted by Gasteiger charge is -2.29. The molecular formula is C30H32FNO4. The van der Waals surface area contributed by atoms with Gasteiger partial charge >= 0.3 is 5.97 Å². The van der Waals surface area contributed by atoms with E-state index in [0.717, 1.165) is 33.5 Å². The van der Waals surface area contributed by atoms with Crippen molar-refractivity contribution in [2.45, 2.75) is 59.7 Å². The molecule has 0 saturated carbocycles. The zero-order valence-corrected chi connectivity index (χ0v) is 21.6. The van der Waals surface area contributed by atoms with Gasteiger partial charge in [-0.05, 0) is 94.0 Å². The Hall–Kier alpha value is -3.51. The number of carbonyl (C=O) groups excluding carboxylic acids is 1. The van der Waals surface area contributed by atoms with E-state index in [4.69, 9.17) is 4.74 Å². The zero-order chi connectivity index (χ0) is 26.4. The van der Waals surface area contributed by atoms with Crippen LogP contribution in [0.5, 0.6) is 0 Å². The SMILES string of the molecule is Cc1ccc(-c2c3c(cc(C)c2[C@H](OC(C)(C)C)C(=O)O)N(C(=O)c2ccc(C)c(F)c2)CC3)cc1. The predicted molar refractivity (Wildman–Crippen MR) is 139 cm³/mol. The molecule has 0 saturated heterocycles. The number of benzene rings is 3. The van der Waals surface area contributed by atoms with Crippen LogP contribution in [0.15, 0.2) is 48.5 Å². The molecule has 3 aromatic carbocycles. The number of anilines is 1. The van der Waals surface area contributed by atoms with Crippen LogP contribution in [-0.2, 0) is 16.0 Å². The summed E-state index contributed by atoms with van der Waals surface area (Å²) in [7, 11) is 0. The molecule has 0 radical (unpaired) electrons. The molecule has 5 nitrogen and oxygen atoms in total. The molecular weight excluding hydrogens is 457 g/mol. The van der Waals surface area contributed by atoms with Crippen LogP contribution in [0.3, 0.4) is 0 Å². The number of rotatable bonds is 5. The first kappa shape index (κ1) is 25.6. The van der Waals surface area contributed by atoms with Crippen molar-refractivity contribution in [1.82, 2.24) is 0 Å².